The lowest BCUT2D eigenvalue weighted by molar-refractivity contribution is -0.139. The Kier molecular flexibility index (Phi) is 6.51. The van der Waals surface area contributed by atoms with Gasteiger partial charge in [-0.15, -0.1) is 5.92 Å². The zero-order valence-corrected chi connectivity index (χ0v) is 7.14. The van der Waals surface area contributed by atoms with E-state index in [0.717, 1.165) is 19.3 Å². The summed E-state index contributed by atoms with van der Waals surface area (Å²) in [4.78, 5) is 10.5. The second kappa shape index (κ2) is 7.14. The van der Waals surface area contributed by atoms with Crippen molar-refractivity contribution in [2.24, 2.45) is 0 Å². The van der Waals surface area contributed by atoms with Crippen molar-refractivity contribution in [2.45, 2.75) is 32.6 Å². The Morgan fingerprint density at radius 3 is 2.73 bits per heavy atom. The fraction of sp³-hybridized carbons (Fsp3) is 0.667. The third-order valence-electron chi connectivity index (χ3n) is 1.24. The molecule has 0 spiro atoms. The van der Waals surface area contributed by atoms with Gasteiger partial charge < -0.3 is 4.74 Å². The summed E-state index contributed by atoms with van der Waals surface area (Å²) in [6.07, 6.45) is 3.36. The Hall–Kier alpha value is -0.970. The molecule has 2 nitrogen and oxygen atoms in total. The molecule has 0 heterocycles. The number of hydrogen-bond donors (Lipinski definition) is 0. The van der Waals surface area contributed by atoms with E-state index in [1.807, 2.05) is 0 Å². The maximum absolute atomic E-state index is 10.5. The van der Waals surface area contributed by atoms with E-state index in [-0.39, 0.29) is 12.4 Å². The van der Waals surface area contributed by atoms with Crippen molar-refractivity contribution in [3.8, 4) is 11.8 Å². The van der Waals surface area contributed by atoms with Crippen LogP contribution in [0.2, 0.25) is 0 Å². The molecule has 0 aromatic carbocycles. The molecule has 0 aliphatic carbocycles. The maximum Gasteiger partial charge on any atom is 0.317 e. The van der Waals surface area contributed by atoms with Crippen molar-refractivity contribution in [3.05, 3.63) is 0 Å². The molecule has 0 aromatic rings. The lowest BCUT2D eigenvalue weighted by Gasteiger charge is -1.89. The molecular weight excluding hydrogens is 140 g/mol. The van der Waals surface area contributed by atoms with Gasteiger partial charge in [0.1, 0.15) is 6.42 Å². The van der Waals surface area contributed by atoms with Crippen LogP contribution >= 0.6 is 0 Å². The highest BCUT2D eigenvalue weighted by Crippen LogP contribution is 1.91. The molecule has 62 valence electrons. The van der Waals surface area contributed by atoms with Crippen LogP contribution < -0.4 is 0 Å². The molecule has 0 N–H and O–H groups in total. The first kappa shape index (κ1) is 10.0. The molecule has 0 rings (SSSR count). The first-order valence-corrected chi connectivity index (χ1v) is 3.83. The van der Waals surface area contributed by atoms with Gasteiger partial charge in [0, 0.05) is 6.42 Å². The summed E-state index contributed by atoms with van der Waals surface area (Å²) in [5, 5.41) is 0. The van der Waals surface area contributed by atoms with E-state index in [1.54, 1.807) is 0 Å². The van der Waals surface area contributed by atoms with E-state index in [2.05, 4.69) is 23.5 Å². The van der Waals surface area contributed by atoms with E-state index in [4.69, 9.17) is 0 Å². The molecule has 0 aliphatic rings. The fourth-order valence-electron chi connectivity index (χ4n) is 0.560. The summed E-state index contributed by atoms with van der Waals surface area (Å²) in [7, 11) is 1.37. The van der Waals surface area contributed by atoms with Crippen LogP contribution in [0.1, 0.15) is 32.6 Å². The highest BCUT2D eigenvalue weighted by molar-refractivity contribution is 5.72. The molecule has 11 heavy (non-hydrogen) atoms. The van der Waals surface area contributed by atoms with Crippen molar-refractivity contribution < 1.29 is 9.53 Å². The van der Waals surface area contributed by atoms with E-state index in [1.165, 1.54) is 7.11 Å². The first-order chi connectivity index (χ1) is 5.31. The molecule has 2 heteroatoms. The Morgan fingerprint density at radius 1 is 1.45 bits per heavy atom. The average Bonchev–Trinajstić information content (AvgIpc) is 2.04. The number of carbonyl (C=O) groups is 1. The monoisotopic (exact) mass is 154 g/mol. The fourth-order valence-corrected chi connectivity index (χ4v) is 0.560. The zero-order valence-electron chi connectivity index (χ0n) is 7.14. The molecule has 0 atom stereocenters. The van der Waals surface area contributed by atoms with Gasteiger partial charge >= 0.3 is 5.97 Å². The van der Waals surface area contributed by atoms with Crippen molar-refractivity contribution in [3.63, 3.8) is 0 Å². The van der Waals surface area contributed by atoms with Crippen LogP contribution in [0.3, 0.4) is 0 Å². The van der Waals surface area contributed by atoms with Gasteiger partial charge in [0.05, 0.1) is 7.11 Å². The van der Waals surface area contributed by atoms with Gasteiger partial charge in [-0.2, -0.15) is 0 Å². The number of carbonyl (C=O) groups excluding carboxylic acids is 1. The molecule has 0 bridgehead atoms. The van der Waals surface area contributed by atoms with Crippen LogP contribution in [0.4, 0.5) is 0 Å². The van der Waals surface area contributed by atoms with Gasteiger partial charge in [-0.05, 0) is 6.42 Å². The maximum atomic E-state index is 10.5. The summed E-state index contributed by atoms with van der Waals surface area (Å²) in [6.45, 7) is 2.11. The van der Waals surface area contributed by atoms with Gasteiger partial charge in [0.15, 0.2) is 0 Å². The Bertz CT molecular complexity index is 162. The highest BCUT2D eigenvalue weighted by Gasteiger charge is 1.92. The van der Waals surface area contributed by atoms with E-state index in [9.17, 15) is 4.79 Å². The average molecular weight is 154 g/mol. The smallest absolute Gasteiger partial charge is 0.317 e. The topological polar surface area (TPSA) is 26.3 Å². The predicted molar refractivity (Wildman–Crippen MR) is 43.9 cm³/mol. The first-order valence-electron chi connectivity index (χ1n) is 3.83. The standard InChI is InChI=1S/C9H14O2/c1-3-4-5-6-7-8-9(10)11-2/h3-5,8H2,1-2H3. The minimum Gasteiger partial charge on any atom is -0.468 e. The van der Waals surface area contributed by atoms with Crippen molar-refractivity contribution in [1.29, 1.82) is 0 Å². The number of methoxy groups -OCH3 is 1. The van der Waals surface area contributed by atoms with Gasteiger partial charge in [-0.1, -0.05) is 19.3 Å². The van der Waals surface area contributed by atoms with Gasteiger partial charge in [0.2, 0.25) is 0 Å². The second-order valence-electron chi connectivity index (χ2n) is 2.21. The Morgan fingerprint density at radius 2 is 2.18 bits per heavy atom. The molecule has 0 fully saturated rings. The number of unbranched alkanes of at least 4 members (excludes halogenated alkanes) is 2. The predicted octanol–water partition coefficient (Wildman–Crippen LogP) is 1.74. The summed E-state index contributed by atoms with van der Waals surface area (Å²) >= 11 is 0. The third kappa shape index (κ3) is 6.92. The largest absolute Gasteiger partial charge is 0.468 e. The van der Waals surface area contributed by atoms with E-state index in [0.29, 0.717) is 0 Å². The molecule has 0 unspecified atom stereocenters. The van der Waals surface area contributed by atoms with Crippen molar-refractivity contribution >= 4 is 5.97 Å². The SMILES string of the molecule is CCCCC#CCC(=O)OC. The van der Waals surface area contributed by atoms with Crippen LogP contribution in [-0.4, -0.2) is 13.1 Å². The summed E-state index contributed by atoms with van der Waals surface area (Å²) in [5.74, 6) is 5.39. The van der Waals surface area contributed by atoms with Crippen LogP contribution in [0.15, 0.2) is 0 Å². The molecule has 0 amide bonds. The minimum atomic E-state index is -0.256. The molecule has 0 radical (unpaired) electrons. The molecular formula is C9H14O2. The molecule has 0 aliphatic heterocycles. The van der Waals surface area contributed by atoms with Crippen LogP contribution in [0, 0.1) is 11.8 Å². The normalized spacial score (nSPS) is 8.18. The Labute approximate surface area is 67.9 Å². The van der Waals surface area contributed by atoms with Gasteiger partial charge in [-0.25, -0.2) is 0 Å². The molecule has 0 saturated heterocycles. The number of ether oxygens (including phenoxy) is 1. The minimum absolute atomic E-state index is 0.222. The lowest BCUT2D eigenvalue weighted by atomic mass is 10.2. The zero-order chi connectivity index (χ0) is 8.53. The van der Waals surface area contributed by atoms with E-state index >= 15 is 0 Å². The summed E-state index contributed by atoms with van der Waals surface area (Å²) < 4.78 is 4.42. The second-order valence-corrected chi connectivity index (χ2v) is 2.21. The quantitative estimate of drug-likeness (QED) is 0.351. The van der Waals surface area contributed by atoms with Crippen LogP contribution in [0.25, 0.3) is 0 Å². The van der Waals surface area contributed by atoms with E-state index < -0.39 is 0 Å². The van der Waals surface area contributed by atoms with Gasteiger partial charge in [0.25, 0.3) is 0 Å². The third-order valence-corrected chi connectivity index (χ3v) is 1.24. The van der Waals surface area contributed by atoms with Crippen molar-refractivity contribution in [2.75, 3.05) is 7.11 Å². The number of hydrogen-bond acceptors (Lipinski definition) is 2. The Balaban J connectivity index is 3.32. The summed E-state index contributed by atoms with van der Waals surface area (Å²) in [5.41, 5.74) is 0. The number of esters is 1. The van der Waals surface area contributed by atoms with Crippen molar-refractivity contribution in [1.82, 2.24) is 0 Å². The van der Waals surface area contributed by atoms with Crippen LogP contribution in [0.5, 0.6) is 0 Å². The molecule has 0 saturated carbocycles. The molecule has 0 aromatic heterocycles. The number of rotatable bonds is 3. The van der Waals surface area contributed by atoms with Crippen LogP contribution in [-0.2, 0) is 9.53 Å². The summed E-state index contributed by atoms with van der Waals surface area (Å²) in [6, 6.07) is 0. The van der Waals surface area contributed by atoms with Gasteiger partial charge in [-0.3, -0.25) is 4.79 Å². The lowest BCUT2D eigenvalue weighted by Crippen LogP contribution is -1.96. The highest BCUT2D eigenvalue weighted by atomic mass is 16.5.